The fourth-order valence-corrected chi connectivity index (χ4v) is 4.75. The molecule has 0 bridgehead atoms. The zero-order valence-corrected chi connectivity index (χ0v) is 16.7. The number of H-pyrrole nitrogens is 1. The molecule has 0 radical (unpaired) electrons. The molecule has 0 fully saturated rings. The van der Waals surface area contributed by atoms with E-state index >= 15 is 0 Å². The van der Waals surface area contributed by atoms with Gasteiger partial charge in [-0.25, -0.2) is 0 Å². The number of nitrogens with zero attached hydrogens (tertiary/aromatic N) is 1. The van der Waals surface area contributed by atoms with Gasteiger partial charge in [-0.1, -0.05) is 19.9 Å². The van der Waals surface area contributed by atoms with E-state index in [1.165, 1.54) is 7.11 Å². The number of aromatic amines is 1. The molecule has 3 aromatic rings. The molecule has 1 aromatic heterocycles. The predicted octanol–water partition coefficient (Wildman–Crippen LogP) is 4.48. The van der Waals surface area contributed by atoms with Crippen molar-refractivity contribution in [2.45, 2.75) is 32.6 Å². The third kappa shape index (κ3) is 2.70. The maximum Gasteiger partial charge on any atom is 0.162 e. The number of methoxy groups -OCH3 is 1. The molecule has 6 nitrogen and oxygen atoms in total. The number of phenols is 1. The molecule has 0 amide bonds. The van der Waals surface area contributed by atoms with Gasteiger partial charge in [0.15, 0.2) is 17.3 Å². The summed E-state index contributed by atoms with van der Waals surface area (Å²) in [5, 5.41) is 21.9. The summed E-state index contributed by atoms with van der Waals surface area (Å²) < 4.78 is 5.35. The predicted molar refractivity (Wildman–Crippen MR) is 111 cm³/mol. The number of rotatable bonds is 2. The second kappa shape index (κ2) is 6.11. The highest BCUT2D eigenvalue weighted by molar-refractivity contribution is 6.04. The fraction of sp³-hybridized carbons (Fsp3) is 0.304. The van der Waals surface area contributed by atoms with Crippen LogP contribution in [-0.4, -0.2) is 28.2 Å². The van der Waals surface area contributed by atoms with Crippen molar-refractivity contribution >= 4 is 22.4 Å². The third-order valence-electron chi connectivity index (χ3n) is 5.99. The maximum absolute atomic E-state index is 13.3. The molecule has 2 aromatic carbocycles. The van der Waals surface area contributed by atoms with Gasteiger partial charge in [-0.2, -0.15) is 5.10 Å². The van der Waals surface area contributed by atoms with Gasteiger partial charge in [0, 0.05) is 34.7 Å². The normalized spacial score (nSPS) is 20.2. The van der Waals surface area contributed by atoms with Crippen LogP contribution in [-0.2, 0) is 4.79 Å². The second-order valence-electron chi connectivity index (χ2n) is 8.68. The van der Waals surface area contributed by atoms with E-state index in [0.29, 0.717) is 12.2 Å². The quantitative estimate of drug-likeness (QED) is 0.602. The third-order valence-corrected chi connectivity index (χ3v) is 5.99. The van der Waals surface area contributed by atoms with Crippen LogP contribution < -0.4 is 10.1 Å². The molecule has 1 unspecified atom stereocenters. The molecule has 5 rings (SSSR count). The monoisotopic (exact) mass is 389 g/mol. The van der Waals surface area contributed by atoms with E-state index in [-0.39, 0.29) is 22.9 Å². The van der Waals surface area contributed by atoms with Gasteiger partial charge in [0.2, 0.25) is 0 Å². The maximum atomic E-state index is 13.3. The number of carbonyl (C=O) groups is 1. The van der Waals surface area contributed by atoms with Gasteiger partial charge in [-0.15, -0.1) is 0 Å². The van der Waals surface area contributed by atoms with Gasteiger partial charge in [-0.3, -0.25) is 9.89 Å². The fourth-order valence-electron chi connectivity index (χ4n) is 4.75. The van der Waals surface area contributed by atoms with Crippen molar-refractivity contribution in [2.24, 2.45) is 5.41 Å². The largest absolute Gasteiger partial charge is 0.504 e. The highest BCUT2D eigenvalue weighted by Crippen LogP contribution is 2.51. The van der Waals surface area contributed by atoms with Crippen LogP contribution in [0.15, 0.2) is 47.8 Å². The van der Waals surface area contributed by atoms with Crippen molar-refractivity contribution in [3.8, 4) is 11.5 Å². The molecule has 1 aliphatic carbocycles. The van der Waals surface area contributed by atoms with Crippen LogP contribution in [0.5, 0.6) is 11.5 Å². The number of Topliss-reactive ketones (excluding diaryl/α,β-unsaturated/α-hetero) is 1. The first-order valence-corrected chi connectivity index (χ1v) is 9.74. The number of phenolic OH excluding ortho intramolecular Hbond substituents is 1. The number of anilines is 1. The zero-order valence-electron chi connectivity index (χ0n) is 16.7. The van der Waals surface area contributed by atoms with E-state index in [9.17, 15) is 9.90 Å². The zero-order chi connectivity index (χ0) is 20.3. The topological polar surface area (TPSA) is 87.2 Å². The number of carbonyl (C=O) groups excluding carboxylic acids is 1. The SMILES string of the molecule is COc1cc(C2C3=C(CC(C)(C)CC3=O)Nc3ccc4[nH]ncc4c32)ccc1O. The number of fused-ring (bicyclic) bond motifs is 3. The first kappa shape index (κ1) is 17.8. The molecule has 3 N–H and O–H groups in total. The van der Waals surface area contributed by atoms with Crippen molar-refractivity contribution < 1.29 is 14.6 Å². The first-order chi connectivity index (χ1) is 13.9. The Balaban J connectivity index is 1.80. The van der Waals surface area contributed by atoms with Crippen LogP contribution in [0.2, 0.25) is 0 Å². The lowest BCUT2D eigenvalue weighted by Crippen LogP contribution is -2.33. The summed E-state index contributed by atoms with van der Waals surface area (Å²) in [6.45, 7) is 4.26. The lowest BCUT2D eigenvalue weighted by molar-refractivity contribution is -0.118. The Morgan fingerprint density at radius 2 is 2.03 bits per heavy atom. The van der Waals surface area contributed by atoms with Crippen molar-refractivity contribution in [1.82, 2.24) is 10.2 Å². The van der Waals surface area contributed by atoms with E-state index in [4.69, 9.17) is 4.74 Å². The van der Waals surface area contributed by atoms with E-state index in [2.05, 4.69) is 29.4 Å². The van der Waals surface area contributed by atoms with Crippen molar-refractivity contribution in [2.75, 3.05) is 12.4 Å². The molecule has 0 saturated carbocycles. The van der Waals surface area contributed by atoms with Crippen molar-refractivity contribution in [1.29, 1.82) is 0 Å². The number of allylic oxidation sites excluding steroid dienone is 2. The molecule has 6 heteroatoms. The summed E-state index contributed by atoms with van der Waals surface area (Å²) in [6.07, 6.45) is 3.13. The molecule has 148 valence electrons. The van der Waals surface area contributed by atoms with Crippen LogP contribution >= 0.6 is 0 Å². The average Bonchev–Trinajstić information content (AvgIpc) is 3.14. The van der Waals surface area contributed by atoms with Crippen LogP contribution in [0.4, 0.5) is 5.69 Å². The van der Waals surface area contributed by atoms with Crippen molar-refractivity contribution in [3.05, 3.63) is 58.9 Å². The van der Waals surface area contributed by atoms with Gasteiger partial charge in [-0.05, 0) is 47.2 Å². The number of hydrogen-bond donors (Lipinski definition) is 3. The summed E-state index contributed by atoms with van der Waals surface area (Å²) >= 11 is 0. The Morgan fingerprint density at radius 3 is 2.83 bits per heavy atom. The number of nitrogens with one attached hydrogen (secondary N) is 2. The van der Waals surface area contributed by atoms with Gasteiger partial charge in [0.1, 0.15) is 0 Å². The standard InChI is InChI=1S/C23H23N3O3/c1-23(2)9-16-22(18(28)10-23)20(12-4-7-17(27)19(8-12)29-3)21-13-11-24-26-14(13)5-6-15(21)25-16/h4-8,11,20,25,27H,9-10H2,1-3H3,(H,24,26). The van der Waals surface area contributed by atoms with Gasteiger partial charge in [0.05, 0.1) is 18.8 Å². The lowest BCUT2D eigenvalue weighted by Gasteiger charge is -2.39. The lowest BCUT2D eigenvalue weighted by atomic mass is 9.68. The number of aromatic nitrogens is 2. The Hall–Kier alpha value is -3.28. The minimum Gasteiger partial charge on any atom is -0.504 e. The Labute approximate surface area is 168 Å². The van der Waals surface area contributed by atoms with E-state index in [0.717, 1.165) is 45.4 Å². The van der Waals surface area contributed by atoms with Crippen molar-refractivity contribution in [3.63, 3.8) is 0 Å². The minimum absolute atomic E-state index is 0.0808. The van der Waals surface area contributed by atoms with Crippen LogP contribution in [0.3, 0.4) is 0 Å². The summed E-state index contributed by atoms with van der Waals surface area (Å²) in [7, 11) is 1.53. The Morgan fingerprint density at radius 1 is 1.21 bits per heavy atom. The van der Waals surface area contributed by atoms with Gasteiger partial charge >= 0.3 is 0 Å². The molecule has 0 spiro atoms. The summed E-state index contributed by atoms with van der Waals surface area (Å²) in [4.78, 5) is 13.3. The van der Waals surface area contributed by atoms with E-state index in [1.807, 2.05) is 30.5 Å². The number of ether oxygens (including phenoxy) is 1. The molecule has 2 heterocycles. The highest BCUT2D eigenvalue weighted by Gasteiger charge is 2.41. The van der Waals surface area contributed by atoms with Crippen LogP contribution in [0.25, 0.3) is 10.9 Å². The number of aromatic hydroxyl groups is 1. The number of hydrogen-bond acceptors (Lipinski definition) is 5. The molecule has 0 saturated heterocycles. The molecular weight excluding hydrogens is 366 g/mol. The average molecular weight is 389 g/mol. The minimum atomic E-state index is -0.249. The first-order valence-electron chi connectivity index (χ1n) is 9.74. The van der Waals surface area contributed by atoms with Gasteiger partial charge in [0.25, 0.3) is 0 Å². The molecule has 2 aliphatic rings. The Kier molecular flexibility index (Phi) is 3.75. The van der Waals surface area contributed by atoms with Gasteiger partial charge < -0.3 is 15.2 Å². The second-order valence-corrected chi connectivity index (χ2v) is 8.68. The summed E-state index contributed by atoms with van der Waals surface area (Å²) in [5.41, 5.74) is 5.55. The Bertz CT molecular complexity index is 1190. The molecular formula is C23H23N3O3. The molecule has 29 heavy (non-hydrogen) atoms. The summed E-state index contributed by atoms with van der Waals surface area (Å²) in [6, 6.07) is 9.36. The molecule has 1 aliphatic heterocycles. The summed E-state index contributed by atoms with van der Waals surface area (Å²) in [5.74, 6) is 0.387. The highest BCUT2D eigenvalue weighted by atomic mass is 16.5. The smallest absolute Gasteiger partial charge is 0.162 e. The molecule has 1 atom stereocenters. The van der Waals surface area contributed by atoms with Crippen LogP contribution in [0.1, 0.15) is 43.7 Å². The van der Waals surface area contributed by atoms with Crippen LogP contribution in [0, 0.1) is 5.41 Å². The van der Waals surface area contributed by atoms with E-state index in [1.54, 1.807) is 6.07 Å². The number of benzene rings is 2. The number of ketones is 1. The van der Waals surface area contributed by atoms with E-state index < -0.39 is 0 Å².